The molecular weight excluding hydrogens is 466 g/mol. The Morgan fingerprint density at radius 2 is 1.51 bits per heavy atom. The van der Waals surface area contributed by atoms with E-state index < -0.39 is 11.8 Å². The number of hydrogen-bond acceptors (Lipinski definition) is 5. The zero-order valence-corrected chi connectivity index (χ0v) is 20.1. The van der Waals surface area contributed by atoms with Crippen molar-refractivity contribution in [2.75, 3.05) is 15.5 Å². The van der Waals surface area contributed by atoms with Crippen molar-refractivity contribution in [3.8, 4) is 0 Å². The number of rotatable bonds is 6. The lowest BCUT2D eigenvalue weighted by Crippen LogP contribution is -2.32. The molecule has 4 rings (SSSR count). The van der Waals surface area contributed by atoms with Crippen LogP contribution in [0.2, 0.25) is 0 Å². The zero-order chi connectivity index (χ0) is 25.3. The molecule has 1 aliphatic heterocycles. The maximum atomic E-state index is 13.1. The van der Waals surface area contributed by atoms with Gasteiger partial charge in [-0.25, -0.2) is 4.90 Å². The van der Waals surface area contributed by atoms with Gasteiger partial charge < -0.3 is 10.6 Å². The Labute approximate surface area is 207 Å². The third-order valence-corrected chi connectivity index (χ3v) is 6.07. The molecule has 1 aliphatic rings. The lowest BCUT2D eigenvalue weighted by Gasteiger charge is -2.16. The monoisotopic (exact) mass is 487 g/mol. The average molecular weight is 488 g/mol. The van der Waals surface area contributed by atoms with E-state index in [1.54, 1.807) is 60.7 Å². The summed E-state index contributed by atoms with van der Waals surface area (Å²) in [5.74, 6) is -1.64. The van der Waals surface area contributed by atoms with Gasteiger partial charge in [0.05, 0.1) is 5.69 Å². The van der Waals surface area contributed by atoms with Crippen LogP contribution in [0.5, 0.6) is 0 Å². The number of nitrogens with zero attached hydrogens (tertiary/aromatic N) is 1. The van der Waals surface area contributed by atoms with Crippen LogP contribution in [-0.2, 0) is 9.59 Å². The molecule has 0 bridgehead atoms. The number of imide groups is 1. The van der Waals surface area contributed by atoms with E-state index in [0.29, 0.717) is 28.2 Å². The van der Waals surface area contributed by atoms with Crippen molar-refractivity contribution in [3.63, 3.8) is 0 Å². The van der Waals surface area contributed by atoms with E-state index in [9.17, 15) is 19.2 Å². The molecule has 176 valence electrons. The van der Waals surface area contributed by atoms with Crippen LogP contribution < -0.4 is 15.5 Å². The second kappa shape index (κ2) is 9.56. The molecule has 7 nitrogen and oxygen atoms in total. The largest absolute Gasteiger partial charge is 0.350 e. The summed E-state index contributed by atoms with van der Waals surface area (Å²) in [6, 6.07) is 18.3. The first kappa shape index (κ1) is 23.9. The fraction of sp³-hybridized carbons (Fsp3) is 0.111. The first-order chi connectivity index (χ1) is 16.7. The highest BCUT2D eigenvalue weighted by Crippen LogP contribution is 2.31. The summed E-state index contributed by atoms with van der Waals surface area (Å²) in [7, 11) is 0. The van der Waals surface area contributed by atoms with Crippen molar-refractivity contribution in [1.29, 1.82) is 0 Å². The number of carbonyl (C=O) groups excluding carboxylic acids is 4. The maximum absolute atomic E-state index is 13.1. The predicted molar refractivity (Wildman–Crippen MR) is 136 cm³/mol. The summed E-state index contributed by atoms with van der Waals surface area (Å²) in [6.45, 7) is 5.30. The highest BCUT2D eigenvalue weighted by atomic mass is 35.5. The van der Waals surface area contributed by atoms with Gasteiger partial charge in [-0.05, 0) is 86.5 Å². The Morgan fingerprint density at radius 1 is 0.800 bits per heavy atom. The van der Waals surface area contributed by atoms with Gasteiger partial charge in [0.2, 0.25) is 0 Å². The van der Waals surface area contributed by atoms with Crippen LogP contribution >= 0.6 is 11.6 Å². The summed E-state index contributed by atoms with van der Waals surface area (Å²) < 4.78 is 0. The molecule has 0 aromatic heterocycles. The molecular formula is C27H22ClN3O4. The molecule has 0 atom stereocenters. The van der Waals surface area contributed by atoms with E-state index in [1.807, 2.05) is 19.9 Å². The van der Waals surface area contributed by atoms with Gasteiger partial charge >= 0.3 is 0 Å². The number of nitrogens with one attached hydrogen (secondary N) is 2. The minimum atomic E-state index is -0.620. The number of carbonyl (C=O) groups is 4. The van der Waals surface area contributed by atoms with E-state index in [1.165, 1.54) is 6.92 Å². The number of ketones is 1. The molecule has 0 unspecified atom stereocenters. The van der Waals surface area contributed by atoms with Gasteiger partial charge in [-0.3, -0.25) is 19.2 Å². The van der Waals surface area contributed by atoms with E-state index in [-0.39, 0.29) is 22.4 Å². The van der Waals surface area contributed by atoms with Crippen LogP contribution in [-0.4, -0.2) is 23.5 Å². The van der Waals surface area contributed by atoms with Crippen LogP contribution in [0, 0.1) is 13.8 Å². The van der Waals surface area contributed by atoms with Crippen molar-refractivity contribution in [2.45, 2.75) is 20.8 Å². The summed E-state index contributed by atoms with van der Waals surface area (Å²) in [5, 5.41) is 5.43. The molecule has 3 aromatic rings. The molecule has 0 saturated carbocycles. The lowest BCUT2D eigenvalue weighted by atomic mass is 10.1. The van der Waals surface area contributed by atoms with Gasteiger partial charge in [0.25, 0.3) is 17.7 Å². The number of anilines is 3. The third-order valence-electron chi connectivity index (χ3n) is 5.72. The molecule has 3 amide bonds. The zero-order valence-electron chi connectivity index (χ0n) is 19.3. The molecule has 0 radical (unpaired) electrons. The first-order valence-corrected chi connectivity index (χ1v) is 11.2. The van der Waals surface area contributed by atoms with Crippen molar-refractivity contribution in [3.05, 3.63) is 99.7 Å². The molecule has 8 heteroatoms. The van der Waals surface area contributed by atoms with E-state index in [0.717, 1.165) is 16.0 Å². The number of hydrogen-bond donors (Lipinski definition) is 2. The second-order valence-electron chi connectivity index (χ2n) is 8.20. The highest BCUT2D eigenvalue weighted by Gasteiger charge is 2.39. The molecule has 0 aliphatic carbocycles. The topological polar surface area (TPSA) is 95.6 Å². The van der Waals surface area contributed by atoms with E-state index in [4.69, 9.17) is 11.6 Å². The molecule has 3 aromatic carbocycles. The van der Waals surface area contributed by atoms with Gasteiger partial charge in [-0.1, -0.05) is 23.7 Å². The Hall–Kier alpha value is -4.23. The SMILES string of the molecule is CC(=O)c1ccc(NC(=O)c2cccc(NC3=C(Cl)C(=O)N(c4ccc(C)c(C)c4)C3=O)c2)cc1. The number of Topliss-reactive ketones (excluding diaryl/α,β-unsaturated/α-hetero) is 1. The summed E-state index contributed by atoms with van der Waals surface area (Å²) in [4.78, 5) is 51.0. The molecule has 0 fully saturated rings. The van der Waals surface area contributed by atoms with Gasteiger partial charge in [0, 0.05) is 22.5 Å². The Bertz CT molecular complexity index is 1410. The van der Waals surface area contributed by atoms with Crippen LogP contribution in [0.4, 0.5) is 17.1 Å². The predicted octanol–water partition coefficient (Wildman–Crippen LogP) is 5.19. The number of aryl methyl sites for hydroxylation is 2. The summed E-state index contributed by atoms with van der Waals surface area (Å²) in [6.07, 6.45) is 0. The fourth-order valence-corrected chi connectivity index (χ4v) is 3.80. The standard InChI is InChI=1S/C27H22ClN3O4/c1-15-7-12-22(13-16(15)2)31-26(34)23(28)24(27(31)35)29-21-6-4-5-19(14-21)25(33)30-20-10-8-18(9-11-20)17(3)32/h4-14,29H,1-3H3,(H,30,33). The molecule has 0 spiro atoms. The lowest BCUT2D eigenvalue weighted by molar-refractivity contribution is -0.120. The number of benzene rings is 3. The summed E-state index contributed by atoms with van der Waals surface area (Å²) in [5.41, 5.74) is 4.17. The van der Waals surface area contributed by atoms with Crippen molar-refractivity contribution in [1.82, 2.24) is 0 Å². The average Bonchev–Trinajstić information content (AvgIpc) is 3.04. The Balaban J connectivity index is 1.52. The summed E-state index contributed by atoms with van der Waals surface area (Å²) >= 11 is 6.24. The molecule has 35 heavy (non-hydrogen) atoms. The minimum Gasteiger partial charge on any atom is -0.350 e. The van der Waals surface area contributed by atoms with Crippen molar-refractivity contribution < 1.29 is 19.2 Å². The van der Waals surface area contributed by atoms with Gasteiger partial charge in [0.15, 0.2) is 5.78 Å². The first-order valence-electron chi connectivity index (χ1n) is 10.8. The van der Waals surface area contributed by atoms with Gasteiger partial charge in [-0.15, -0.1) is 0 Å². The van der Waals surface area contributed by atoms with Crippen molar-refractivity contribution in [2.24, 2.45) is 0 Å². The van der Waals surface area contributed by atoms with Crippen LogP contribution in [0.15, 0.2) is 77.5 Å². The smallest absolute Gasteiger partial charge is 0.283 e. The van der Waals surface area contributed by atoms with Crippen LogP contribution in [0.3, 0.4) is 0 Å². The number of halogens is 1. The Morgan fingerprint density at radius 3 is 2.17 bits per heavy atom. The maximum Gasteiger partial charge on any atom is 0.283 e. The normalized spacial score (nSPS) is 13.3. The molecule has 2 N–H and O–H groups in total. The van der Waals surface area contributed by atoms with Gasteiger partial charge in [0.1, 0.15) is 10.7 Å². The van der Waals surface area contributed by atoms with Crippen LogP contribution in [0.1, 0.15) is 38.8 Å². The van der Waals surface area contributed by atoms with E-state index in [2.05, 4.69) is 10.6 Å². The van der Waals surface area contributed by atoms with E-state index >= 15 is 0 Å². The van der Waals surface area contributed by atoms with Crippen molar-refractivity contribution >= 4 is 52.2 Å². The molecule has 1 heterocycles. The quantitative estimate of drug-likeness (QED) is 0.368. The third kappa shape index (κ3) is 4.85. The highest BCUT2D eigenvalue weighted by molar-refractivity contribution is 6.53. The minimum absolute atomic E-state index is 0.0627. The molecule has 0 saturated heterocycles. The number of amides is 3. The van der Waals surface area contributed by atoms with Crippen LogP contribution in [0.25, 0.3) is 0 Å². The Kier molecular flexibility index (Phi) is 6.53. The second-order valence-corrected chi connectivity index (χ2v) is 8.57. The van der Waals surface area contributed by atoms with Gasteiger partial charge in [-0.2, -0.15) is 0 Å². The fourth-order valence-electron chi connectivity index (χ4n) is 3.58.